The fourth-order valence-corrected chi connectivity index (χ4v) is 4.48. The van der Waals surface area contributed by atoms with E-state index >= 15 is 0 Å². The molecule has 0 aliphatic carbocycles. The summed E-state index contributed by atoms with van der Waals surface area (Å²) >= 11 is 0. The predicted molar refractivity (Wildman–Crippen MR) is 205 cm³/mol. The number of carbonyl (C=O) groups is 2. The molecule has 15 nitrogen and oxygen atoms in total. The number of carbonyl (C=O) groups excluding carboxylic acids is 2. The minimum Gasteiger partial charge on any atom is -0.460 e. The van der Waals surface area contributed by atoms with E-state index in [1.54, 1.807) is 39.0 Å². The Morgan fingerprint density at radius 2 is 0.914 bits per heavy atom. The van der Waals surface area contributed by atoms with Gasteiger partial charge in [0.25, 0.3) is 0 Å². The summed E-state index contributed by atoms with van der Waals surface area (Å²) in [6.45, 7) is 12.8. The van der Waals surface area contributed by atoms with Gasteiger partial charge >= 0.3 is 18.1 Å². The van der Waals surface area contributed by atoms with Crippen molar-refractivity contribution in [1.82, 2.24) is 0 Å². The minimum atomic E-state index is -4.48. The minimum absolute atomic E-state index is 0.00848. The number of rotatable bonds is 35. The molecule has 2 aromatic rings. The van der Waals surface area contributed by atoms with Crippen LogP contribution >= 0.6 is 0 Å². The van der Waals surface area contributed by atoms with Crippen molar-refractivity contribution in [1.29, 1.82) is 0 Å². The number of anilines is 2. The van der Waals surface area contributed by atoms with Crippen molar-refractivity contribution in [3.63, 3.8) is 0 Å². The first-order chi connectivity index (χ1) is 28.0. The van der Waals surface area contributed by atoms with Gasteiger partial charge in [-0.25, -0.2) is 9.59 Å². The van der Waals surface area contributed by atoms with Gasteiger partial charge in [-0.15, -0.1) is 0 Å². The van der Waals surface area contributed by atoms with Crippen molar-refractivity contribution >= 4 is 23.3 Å². The maximum atomic E-state index is 13.1. The van der Waals surface area contributed by atoms with Gasteiger partial charge in [0.05, 0.1) is 142 Å². The van der Waals surface area contributed by atoms with E-state index in [1.807, 2.05) is 0 Å². The Bertz CT molecular complexity index is 1360. The van der Waals surface area contributed by atoms with E-state index in [2.05, 4.69) is 5.32 Å². The molecular formula is C40H60F3NO14. The third kappa shape index (κ3) is 27.3. The second-order valence-corrected chi connectivity index (χ2v) is 13.0. The maximum absolute atomic E-state index is 13.1. The average molecular weight is 836 g/mol. The molecule has 0 heterocycles. The third-order valence-electron chi connectivity index (χ3n) is 7.06. The zero-order valence-corrected chi connectivity index (χ0v) is 33.8. The van der Waals surface area contributed by atoms with Gasteiger partial charge in [-0.2, -0.15) is 13.2 Å². The molecule has 58 heavy (non-hydrogen) atoms. The molecule has 1 N–H and O–H groups in total. The topological polar surface area (TPSA) is 157 Å². The summed E-state index contributed by atoms with van der Waals surface area (Å²) in [7, 11) is 0. The summed E-state index contributed by atoms with van der Waals surface area (Å²) in [5.41, 5.74) is -0.637. The standard InChI is InChI=1S/C40H60F3NO14/c1-39(2,3)58-37(45)32-56-28-27-54-24-23-52-20-19-50-16-15-48-12-11-47-13-14-49-17-18-51-21-22-53-25-26-55-29-30-57-38(46)35-9-4-5-10-36(35)44-34-8-6-7-33(31-34)40(41,42)43/h4-10,31,44H,11-30,32H2,1-3H3. The summed E-state index contributed by atoms with van der Waals surface area (Å²) in [6, 6.07) is 11.1. The van der Waals surface area contributed by atoms with Crippen LogP contribution in [0, 0.1) is 0 Å². The molecule has 0 fully saturated rings. The van der Waals surface area contributed by atoms with Gasteiger partial charge in [-0.05, 0) is 51.1 Å². The summed E-state index contributed by atoms with van der Waals surface area (Å²) in [5, 5.41) is 2.86. The van der Waals surface area contributed by atoms with Gasteiger partial charge < -0.3 is 62.2 Å². The number of hydrogen-bond donors (Lipinski definition) is 1. The smallest absolute Gasteiger partial charge is 0.416 e. The van der Waals surface area contributed by atoms with E-state index in [4.69, 9.17) is 56.8 Å². The van der Waals surface area contributed by atoms with Gasteiger partial charge in [0.2, 0.25) is 0 Å². The number of ether oxygens (including phenoxy) is 12. The van der Waals surface area contributed by atoms with Crippen LogP contribution in [0.3, 0.4) is 0 Å². The molecule has 0 unspecified atom stereocenters. The summed E-state index contributed by atoms with van der Waals surface area (Å²) in [6.07, 6.45) is -4.48. The van der Waals surface area contributed by atoms with Crippen molar-refractivity contribution in [2.24, 2.45) is 0 Å². The highest BCUT2D eigenvalue weighted by atomic mass is 19.4. The molecule has 0 amide bonds. The van der Waals surface area contributed by atoms with Crippen LogP contribution in [0.4, 0.5) is 24.5 Å². The fourth-order valence-electron chi connectivity index (χ4n) is 4.48. The zero-order chi connectivity index (χ0) is 42.2. The zero-order valence-electron chi connectivity index (χ0n) is 33.8. The lowest BCUT2D eigenvalue weighted by atomic mass is 10.1. The average Bonchev–Trinajstić information content (AvgIpc) is 3.17. The molecule has 0 bridgehead atoms. The molecule has 0 radical (unpaired) electrons. The molecule has 0 spiro atoms. The Labute approximate surface area is 338 Å². The second kappa shape index (κ2) is 31.5. The molecule has 0 aliphatic heterocycles. The lowest BCUT2D eigenvalue weighted by Crippen LogP contribution is -2.27. The van der Waals surface area contributed by atoms with E-state index in [1.165, 1.54) is 18.2 Å². The van der Waals surface area contributed by atoms with E-state index in [9.17, 15) is 22.8 Å². The molecule has 2 rings (SSSR count). The van der Waals surface area contributed by atoms with Gasteiger partial charge in [0.15, 0.2) is 0 Å². The summed E-state index contributed by atoms with van der Waals surface area (Å²) < 4.78 is 104. The molecule has 18 heteroatoms. The van der Waals surface area contributed by atoms with E-state index < -0.39 is 29.3 Å². The monoisotopic (exact) mass is 835 g/mol. The van der Waals surface area contributed by atoms with E-state index in [-0.39, 0.29) is 31.1 Å². The van der Waals surface area contributed by atoms with Crippen molar-refractivity contribution in [3.8, 4) is 0 Å². The Morgan fingerprint density at radius 1 is 0.517 bits per heavy atom. The Balaban J connectivity index is 1.27. The lowest BCUT2D eigenvalue weighted by Gasteiger charge is -2.19. The molecular weight excluding hydrogens is 775 g/mol. The lowest BCUT2D eigenvalue weighted by molar-refractivity contribution is -0.160. The highest BCUT2D eigenvalue weighted by Gasteiger charge is 2.30. The normalized spacial score (nSPS) is 11.8. The number of para-hydroxylation sites is 1. The predicted octanol–water partition coefficient (Wildman–Crippen LogP) is 5.11. The van der Waals surface area contributed by atoms with Crippen LogP contribution in [0.25, 0.3) is 0 Å². The van der Waals surface area contributed by atoms with E-state index in [0.29, 0.717) is 125 Å². The highest BCUT2D eigenvalue weighted by Crippen LogP contribution is 2.32. The van der Waals surface area contributed by atoms with E-state index in [0.717, 1.165) is 12.1 Å². The largest absolute Gasteiger partial charge is 0.460 e. The SMILES string of the molecule is CC(C)(C)OC(=O)COCCOCCOCCOCCOCCOCCOCCOCCOCCOCCOC(=O)c1ccccc1Nc1cccc(C(F)(F)F)c1. The van der Waals surface area contributed by atoms with Gasteiger partial charge in [0.1, 0.15) is 18.8 Å². The van der Waals surface area contributed by atoms with Crippen LogP contribution in [0.1, 0.15) is 36.7 Å². The quantitative estimate of drug-likeness (QED) is 0.0721. The Kier molecular flexibility index (Phi) is 27.5. The van der Waals surface area contributed by atoms with Crippen molar-refractivity contribution in [3.05, 3.63) is 59.7 Å². The van der Waals surface area contributed by atoms with Crippen LogP contribution < -0.4 is 5.32 Å². The molecule has 0 saturated heterocycles. The first-order valence-electron chi connectivity index (χ1n) is 19.2. The number of nitrogens with one attached hydrogen (secondary N) is 1. The molecule has 2 aromatic carbocycles. The van der Waals surface area contributed by atoms with Gasteiger partial charge in [-0.1, -0.05) is 18.2 Å². The maximum Gasteiger partial charge on any atom is 0.416 e. The van der Waals surface area contributed by atoms with Gasteiger partial charge in [-0.3, -0.25) is 0 Å². The van der Waals surface area contributed by atoms with Crippen molar-refractivity contribution in [2.75, 3.05) is 144 Å². The van der Waals surface area contributed by atoms with Crippen LogP contribution in [0.5, 0.6) is 0 Å². The third-order valence-corrected chi connectivity index (χ3v) is 7.06. The van der Waals surface area contributed by atoms with Gasteiger partial charge in [0, 0.05) is 5.69 Å². The molecule has 330 valence electrons. The summed E-state index contributed by atoms with van der Waals surface area (Å²) in [5.74, 6) is -1.04. The highest BCUT2D eigenvalue weighted by molar-refractivity contribution is 5.96. The molecule has 0 saturated carbocycles. The van der Waals surface area contributed by atoms with Crippen LogP contribution in [0.15, 0.2) is 48.5 Å². The Hall–Kier alpha value is -3.43. The second-order valence-electron chi connectivity index (χ2n) is 13.0. The number of halogens is 3. The summed E-state index contributed by atoms with van der Waals surface area (Å²) in [4.78, 5) is 24.1. The van der Waals surface area contributed by atoms with Crippen molar-refractivity contribution < 1.29 is 79.6 Å². The van der Waals surface area contributed by atoms with Crippen molar-refractivity contribution in [2.45, 2.75) is 32.5 Å². The van der Waals surface area contributed by atoms with Crippen LogP contribution in [-0.2, 0) is 67.8 Å². The van der Waals surface area contributed by atoms with Crippen LogP contribution in [0.2, 0.25) is 0 Å². The molecule has 0 atom stereocenters. The number of benzene rings is 2. The Morgan fingerprint density at radius 3 is 1.33 bits per heavy atom. The van der Waals surface area contributed by atoms with Crippen LogP contribution in [-0.4, -0.2) is 156 Å². The first kappa shape index (κ1) is 50.7. The molecule has 0 aromatic heterocycles. The number of esters is 2. The number of alkyl halides is 3. The number of hydrogen-bond acceptors (Lipinski definition) is 15. The first-order valence-corrected chi connectivity index (χ1v) is 19.2. The molecule has 0 aliphatic rings. The fraction of sp³-hybridized carbons (Fsp3) is 0.650.